The molecule has 7 heteroatoms. The maximum atomic E-state index is 13.9. The molecule has 0 saturated heterocycles. The van der Waals surface area contributed by atoms with Gasteiger partial charge in [-0.25, -0.2) is 22.0 Å². The number of benzene rings is 1. The standard InChI is InChI=1S/C23H35F5O2/c1-5-8-9-10-11-12-13-16(23(6-2,7-3)29-4)14-30-15-17-18(24)20(26)22(28)21(27)19(17)25/h16H,5-15H2,1-4H3. The Hall–Kier alpha value is -1.21. The first-order valence-electron chi connectivity index (χ1n) is 10.9. The molecule has 0 aliphatic rings. The van der Waals surface area contributed by atoms with Crippen molar-refractivity contribution in [1.82, 2.24) is 0 Å². The molecular weight excluding hydrogens is 403 g/mol. The normalized spacial score (nSPS) is 13.1. The Morgan fingerprint density at radius 1 is 0.733 bits per heavy atom. The van der Waals surface area contributed by atoms with Gasteiger partial charge < -0.3 is 9.47 Å². The zero-order chi connectivity index (χ0) is 22.7. The molecule has 1 rings (SSSR count). The lowest BCUT2D eigenvalue weighted by atomic mass is 9.79. The summed E-state index contributed by atoms with van der Waals surface area (Å²) in [6, 6.07) is 0. The van der Waals surface area contributed by atoms with Gasteiger partial charge in [0.15, 0.2) is 23.3 Å². The maximum Gasteiger partial charge on any atom is 0.200 e. The van der Waals surface area contributed by atoms with Crippen LogP contribution in [0.3, 0.4) is 0 Å². The van der Waals surface area contributed by atoms with Gasteiger partial charge in [-0.05, 0) is 19.3 Å². The van der Waals surface area contributed by atoms with Crippen molar-refractivity contribution in [3.05, 3.63) is 34.6 Å². The third kappa shape index (κ3) is 6.64. The molecule has 0 amide bonds. The van der Waals surface area contributed by atoms with Crippen molar-refractivity contribution in [2.75, 3.05) is 13.7 Å². The predicted octanol–water partition coefficient (Wildman–Crippen LogP) is 7.47. The molecule has 174 valence electrons. The van der Waals surface area contributed by atoms with Gasteiger partial charge >= 0.3 is 0 Å². The summed E-state index contributed by atoms with van der Waals surface area (Å²) in [7, 11) is 1.63. The molecule has 0 aliphatic carbocycles. The van der Waals surface area contributed by atoms with Crippen molar-refractivity contribution >= 4 is 0 Å². The lowest BCUT2D eigenvalue weighted by molar-refractivity contribution is -0.0950. The van der Waals surface area contributed by atoms with E-state index in [0.29, 0.717) is 0 Å². The Labute approximate surface area is 177 Å². The zero-order valence-corrected chi connectivity index (χ0v) is 18.6. The molecule has 0 bridgehead atoms. The van der Waals surface area contributed by atoms with Gasteiger partial charge in [-0.2, -0.15) is 0 Å². The van der Waals surface area contributed by atoms with Gasteiger partial charge in [-0.3, -0.25) is 0 Å². The van der Waals surface area contributed by atoms with Gasteiger partial charge in [-0.1, -0.05) is 59.3 Å². The van der Waals surface area contributed by atoms with Crippen molar-refractivity contribution in [2.24, 2.45) is 5.92 Å². The van der Waals surface area contributed by atoms with Crippen molar-refractivity contribution < 1.29 is 31.4 Å². The highest BCUT2D eigenvalue weighted by molar-refractivity contribution is 5.23. The minimum Gasteiger partial charge on any atom is -0.378 e. The number of hydrogen-bond donors (Lipinski definition) is 0. The molecule has 1 aromatic carbocycles. The van der Waals surface area contributed by atoms with Crippen LogP contribution < -0.4 is 0 Å². The fraction of sp³-hybridized carbons (Fsp3) is 0.739. The number of ether oxygens (including phenoxy) is 2. The minimum absolute atomic E-state index is 0.0510. The highest BCUT2D eigenvalue weighted by atomic mass is 19.2. The van der Waals surface area contributed by atoms with Crippen molar-refractivity contribution in [3.8, 4) is 0 Å². The molecule has 0 spiro atoms. The summed E-state index contributed by atoms with van der Waals surface area (Å²) in [6.07, 6.45) is 9.01. The van der Waals surface area contributed by atoms with Crippen LogP contribution in [-0.2, 0) is 16.1 Å². The Morgan fingerprint density at radius 2 is 1.23 bits per heavy atom. The monoisotopic (exact) mass is 438 g/mol. The van der Waals surface area contributed by atoms with E-state index in [1.165, 1.54) is 19.3 Å². The largest absolute Gasteiger partial charge is 0.378 e. The van der Waals surface area contributed by atoms with Crippen LogP contribution in [0.5, 0.6) is 0 Å². The van der Waals surface area contributed by atoms with Gasteiger partial charge in [0.1, 0.15) is 0 Å². The van der Waals surface area contributed by atoms with Crippen LogP contribution in [0.4, 0.5) is 22.0 Å². The van der Waals surface area contributed by atoms with E-state index in [0.717, 1.165) is 38.5 Å². The summed E-state index contributed by atoms with van der Waals surface area (Å²) < 4.78 is 79.1. The second-order valence-corrected chi connectivity index (χ2v) is 7.79. The highest BCUT2D eigenvalue weighted by Crippen LogP contribution is 2.34. The Bertz CT molecular complexity index is 610. The average Bonchev–Trinajstić information content (AvgIpc) is 2.76. The molecule has 30 heavy (non-hydrogen) atoms. The number of unbranched alkanes of at least 4 members (excludes halogenated alkanes) is 5. The third-order valence-corrected chi connectivity index (χ3v) is 6.12. The van der Waals surface area contributed by atoms with Crippen molar-refractivity contribution in [2.45, 2.75) is 90.8 Å². The predicted molar refractivity (Wildman–Crippen MR) is 108 cm³/mol. The number of hydrogen-bond acceptors (Lipinski definition) is 2. The molecule has 0 aromatic heterocycles. The third-order valence-electron chi connectivity index (χ3n) is 6.12. The maximum absolute atomic E-state index is 13.9. The van der Waals surface area contributed by atoms with Crippen LogP contribution in [0.1, 0.15) is 84.1 Å². The van der Waals surface area contributed by atoms with Crippen LogP contribution in [0.15, 0.2) is 0 Å². The highest BCUT2D eigenvalue weighted by Gasteiger charge is 2.36. The van der Waals surface area contributed by atoms with Crippen LogP contribution >= 0.6 is 0 Å². The van der Waals surface area contributed by atoms with Crippen molar-refractivity contribution in [3.63, 3.8) is 0 Å². The quantitative estimate of drug-likeness (QED) is 0.122. The molecule has 1 atom stereocenters. The van der Waals surface area contributed by atoms with E-state index < -0.39 is 46.9 Å². The van der Waals surface area contributed by atoms with E-state index in [4.69, 9.17) is 9.47 Å². The van der Waals surface area contributed by atoms with Gasteiger partial charge in [0.25, 0.3) is 0 Å². The van der Waals surface area contributed by atoms with Gasteiger partial charge in [0.05, 0.1) is 24.4 Å². The molecule has 0 radical (unpaired) electrons. The zero-order valence-electron chi connectivity index (χ0n) is 18.6. The number of rotatable bonds is 15. The summed E-state index contributed by atoms with van der Waals surface area (Å²) in [5.74, 6) is -9.81. The lowest BCUT2D eigenvalue weighted by Gasteiger charge is -2.38. The Morgan fingerprint density at radius 3 is 1.73 bits per heavy atom. The number of halogens is 5. The number of methoxy groups -OCH3 is 1. The van der Waals surface area contributed by atoms with Crippen LogP contribution in [0.25, 0.3) is 0 Å². The van der Waals surface area contributed by atoms with E-state index in [2.05, 4.69) is 6.92 Å². The first-order valence-corrected chi connectivity index (χ1v) is 10.9. The summed E-state index contributed by atoms with van der Waals surface area (Å²) in [5, 5.41) is 0. The van der Waals surface area contributed by atoms with Crippen LogP contribution in [0.2, 0.25) is 0 Å². The molecule has 0 saturated carbocycles. The molecule has 0 aliphatic heterocycles. The lowest BCUT2D eigenvalue weighted by Crippen LogP contribution is -2.41. The van der Waals surface area contributed by atoms with Crippen LogP contribution in [0, 0.1) is 35.0 Å². The summed E-state index contributed by atoms with van der Waals surface area (Å²) in [6.45, 7) is 5.60. The first-order chi connectivity index (χ1) is 14.3. The molecule has 0 heterocycles. The molecule has 1 unspecified atom stereocenters. The summed E-state index contributed by atoms with van der Waals surface area (Å²) >= 11 is 0. The second kappa shape index (κ2) is 13.3. The van der Waals surface area contributed by atoms with Gasteiger partial charge in [0.2, 0.25) is 5.82 Å². The van der Waals surface area contributed by atoms with E-state index in [-0.39, 0.29) is 12.5 Å². The van der Waals surface area contributed by atoms with E-state index >= 15 is 0 Å². The molecule has 1 aromatic rings. The SMILES string of the molecule is CCCCCCCCC(COCc1c(F)c(F)c(F)c(F)c1F)C(CC)(CC)OC. The molecule has 2 nitrogen and oxygen atoms in total. The van der Waals surface area contributed by atoms with Crippen molar-refractivity contribution in [1.29, 1.82) is 0 Å². The smallest absolute Gasteiger partial charge is 0.200 e. The molecule has 0 N–H and O–H groups in total. The van der Waals surface area contributed by atoms with Gasteiger partial charge in [-0.15, -0.1) is 0 Å². The fourth-order valence-corrected chi connectivity index (χ4v) is 4.03. The van der Waals surface area contributed by atoms with Crippen LogP contribution in [-0.4, -0.2) is 19.3 Å². The topological polar surface area (TPSA) is 18.5 Å². The molecular formula is C23H35F5O2. The molecule has 0 fully saturated rings. The van der Waals surface area contributed by atoms with Gasteiger partial charge in [0, 0.05) is 13.0 Å². The fourth-order valence-electron chi connectivity index (χ4n) is 4.03. The summed E-state index contributed by atoms with van der Waals surface area (Å²) in [4.78, 5) is 0. The van der Waals surface area contributed by atoms with E-state index in [9.17, 15) is 22.0 Å². The Kier molecular flexibility index (Phi) is 11.9. The average molecular weight is 439 g/mol. The minimum atomic E-state index is -2.16. The first kappa shape index (κ1) is 26.8. The van der Waals surface area contributed by atoms with E-state index in [1.807, 2.05) is 13.8 Å². The van der Waals surface area contributed by atoms with E-state index in [1.54, 1.807) is 7.11 Å². The summed E-state index contributed by atoms with van der Waals surface area (Å²) in [5.41, 5.74) is -1.40. The Balaban J connectivity index is 2.83. The second-order valence-electron chi connectivity index (χ2n) is 7.79.